The van der Waals surface area contributed by atoms with E-state index >= 15 is 0 Å². The average molecular weight is 301 g/mol. The van der Waals surface area contributed by atoms with E-state index in [2.05, 4.69) is 20.1 Å². The lowest BCUT2D eigenvalue weighted by atomic mass is 10.3. The van der Waals surface area contributed by atoms with E-state index in [4.69, 9.17) is 0 Å². The van der Waals surface area contributed by atoms with Crippen molar-refractivity contribution < 1.29 is 4.39 Å². The molecule has 0 saturated carbocycles. The number of aromatic nitrogens is 5. The molecular formula is C14H12FN5S. The molecule has 0 atom stereocenters. The molecule has 5 nitrogen and oxygen atoms in total. The largest absolute Gasteiger partial charge is 0.231 e. The number of hydrogen-bond acceptors (Lipinski definition) is 5. The first-order chi connectivity index (χ1) is 10.2. The normalized spacial score (nSPS) is 10.8. The summed E-state index contributed by atoms with van der Waals surface area (Å²) in [6.07, 6.45) is 3.40. The van der Waals surface area contributed by atoms with Crippen LogP contribution in [-0.4, -0.2) is 24.7 Å². The van der Waals surface area contributed by atoms with Gasteiger partial charge in [0, 0.05) is 12.4 Å². The SMILES string of the molecule is Cc1nc(CSc2ncccn2)n(-c2ccc(F)cc2)n1. The van der Waals surface area contributed by atoms with Crippen LogP contribution in [0.1, 0.15) is 11.6 Å². The highest BCUT2D eigenvalue weighted by Crippen LogP contribution is 2.19. The fraction of sp³-hybridized carbons (Fsp3) is 0.143. The Labute approximate surface area is 125 Å². The van der Waals surface area contributed by atoms with Crippen molar-refractivity contribution in [2.75, 3.05) is 0 Å². The molecule has 0 fully saturated rings. The van der Waals surface area contributed by atoms with Crippen molar-refractivity contribution in [2.24, 2.45) is 0 Å². The van der Waals surface area contributed by atoms with Gasteiger partial charge in [0.05, 0.1) is 11.4 Å². The van der Waals surface area contributed by atoms with Gasteiger partial charge >= 0.3 is 0 Å². The third kappa shape index (κ3) is 3.25. The summed E-state index contributed by atoms with van der Waals surface area (Å²) in [7, 11) is 0. The summed E-state index contributed by atoms with van der Waals surface area (Å²) in [5.74, 6) is 1.76. The van der Waals surface area contributed by atoms with Crippen LogP contribution in [0.5, 0.6) is 0 Å². The average Bonchev–Trinajstić information content (AvgIpc) is 2.88. The Bertz CT molecular complexity index is 727. The van der Waals surface area contributed by atoms with E-state index in [0.717, 1.165) is 11.5 Å². The Kier molecular flexibility index (Phi) is 3.92. The monoisotopic (exact) mass is 301 g/mol. The van der Waals surface area contributed by atoms with Crippen LogP contribution >= 0.6 is 11.8 Å². The predicted octanol–water partition coefficient (Wildman–Crippen LogP) is 2.80. The number of rotatable bonds is 4. The molecule has 0 unspecified atom stereocenters. The van der Waals surface area contributed by atoms with Crippen molar-refractivity contribution in [1.82, 2.24) is 24.7 Å². The van der Waals surface area contributed by atoms with Crippen LogP contribution in [-0.2, 0) is 5.75 Å². The Morgan fingerprint density at radius 2 is 1.86 bits per heavy atom. The van der Waals surface area contributed by atoms with Gasteiger partial charge in [-0.15, -0.1) is 0 Å². The summed E-state index contributed by atoms with van der Waals surface area (Å²) in [5, 5.41) is 5.04. The lowest BCUT2D eigenvalue weighted by Gasteiger charge is -2.05. The summed E-state index contributed by atoms with van der Waals surface area (Å²) in [5.41, 5.74) is 0.779. The molecule has 21 heavy (non-hydrogen) atoms. The smallest absolute Gasteiger partial charge is 0.187 e. The Morgan fingerprint density at radius 3 is 2.57 bits per heavy atom. The van der Waals surface area contributed by atoms with E-state index in [-0.39, 0.29) is 5.82 Å². The lowest BCUT2D eigenvalue weighted by Crippen LogP contribution is -2.02. The Hall–Kier alpha value is -2.28. The molecule has 0 amide bonds. The first kappa shape index (κ1) is 13.7. The molecule has 0 aliphatic carbocycles. The van der Waals surface area contributed by atoms with E-state index in [1.165, 1.54) is 23.9 Å². The third-order valence-corrected chi connectivity index (χ3v) is 3.60. The van der Waals surface area contributed by atoms with Gasteiger partial charge < -0.3 is 0 Å². The van der Waals surface area contributed by atoms with Gasteiger partial charge in [-0.1, -0.05) is 11.8 Å². The van der Waals surface area contributed by atoms with Crippen molar-refractivity contribution in [1.29, 1.82) is 0 Å². The molecule has 0 aliphatic rings. The van der Waals surface area contributed by atoms with Crippen LogP contribution in [0.3, 0.4) is 0 Å². The second kappa shape index (κ2) is 6.01. The molecule has 0 N–H and O–H groups in total. The van der Waals surface area contributed by atoms with Crippen LogP contribution in [0.4, 0.5) is 4.39 Å². The molecule has 0 spiro atoms. The van der Waals surface area contributed by atoms with Gasteiger partial charge in [-0.05, 0) is 37.3 Å². The number of nitrogens with zero attached hydrogens (tertiary/aromatic N) is 5. The quantitative estimate of drug-likeness (QED) is 0.548. The maximum Gasteiger partial charge on any atom is 0.187 e. The van der Waals surface area contributed by atoms with Gasteiger partial charge in [0.15, 0.2) is 5.16 Å². The number of halogens is 1. The zero-order valence-corrected chi connectivity index (χ0v) is 12.1. The van der Waals surface area contributed by atoms with Crippen molar-refractivity contribution in [3.05, 3.63) is 60.2 Å². The molecule has 2 heterocycles. The summed E-state index contributed by atoms with van der Waals surface area (Å²) in [4.78, 5) is 12.7. The van der Waals surface area contributed by atoms with Crippen molar-refractivity contribution >= 4 is 11.8 Å². The summed E-state index contributed by atoms with van der Waals surface area (Å²) >= 11 is 1.48. The highest BCUT2D eigenvalue weighted by Gasteiger charge is 2.10. The van der Waals surface area contributed by atoms with Crippen LogP contribution in [0, 0.1) is 12.7 Å². The second-order valence-corrected chi connectivity index (χ2v) is 5.23. The molecule has 7 heteroatoms. The van der Waals surface area contributed by atoms with Gasteiger partial charge in [0.25, 0.3) is 0 Å². The highest BCUT2D eigenvalue weighted by atomic mass is 32.2. The van der Waals surface area contributed by atoms with Gasteiger partial charge in [-0.2, -0.15) is 5.10 Å². The van der Waals surface area contributed by atoms with Gasteiger partial charge in [0.2, 0.25) is 0 Å². The number of thioether (sulfide) groups is 1. The van der Waals surface area contributed by atoms with Crippen molar-refractivity contribution in [3.63, 3.8) is 0 Å². The maximum atomic E-state index is 13.0. The number of benzene rings is 1. The summed E-state index contributed by atoms with van der Waals surface area (Å²) in [6, 6.07) is 7.94. The van der Waals surface area contributed by atoms with Crippen LogP contribution in [0.2, 0.25) is 0 Å². The highest BCUT2D eigenvalue weighted by molar-refractivity contribution is 7.98. The molecule has 1 aromatic carbocycles. The zero-order chi connectivity index (χ0) is 14.7. The summed E-state index contributed by atoms with van der Waals surface area (Å²) in [6.45, 7) is 1.83. The van der Waals surface area contributed by atoms with E-state index in [1.54, 1.807) is 35.3 Å². The molecule has 0 bridgehead atoms. The van der Waals surface area contributed by atoms with Crippen LogP contribution in [0.25, 0.3) is 5.69 Å². The van der Waals surface area contributed by atoms with Gasteiger partial charge in [-0.25, -0.2) is 24.0 Å². The minimum atomic E-state index is -0.274. The first-order valence-electron chi connectivity index (χ1n) is 6.31. The van der Waals surface area contributed by atoms with Crippen molar-refractivity contribution in [3.8, 4) is 5.69 Å². The van der Waals surface area contributed by atoms with E-state index in [0.29, 0.717) is 16.7 Å². The Balaban J connectivity index is 1.84. The molecule has 0 radical (unpaired) electrons. The topological polar surface area (TPSA) is 56.5 Å². The van der Waals surface area contributed by atoms with E-state index < -0.39 is 0 Å². The summed E-state index contributed by atoms with van der Waals surface area (Å²) < 4.78 is 14.7. The van der Waals surface area contributed by atoms with E-state index in [1.807, 2.05) is 6.92 Å². The molecule has 2 aromatic heterocycles. The fourth-order valence-electron chi connectivity index (χ4n) is 1.83. The fourth-order valence-corrected chi connectivity index (χ4v) is 2.55. The Morgan fingerprint density at radius 1 is 1.14 bits per heavy atom. The standard InChI is InChI=1S/C14H12FN5S/c1-10-18-13(9-21-14-16-7-2-8-17-14)20(19-10)12-5-3-11(15)4-6-12/h2-8H,9H2,1H3. The minimum Gasteiger partial charge on any atom is -0.231 e. The van der Waals surface area contributed by atoms with Crippen LogP contribution < -0.4 is 0 Å². The molecule has 106 valence electrons. The van der Waals surface area contributed by atoms with E-state index in [9.17, 15) is 4.39 Å². The second-order valence-electron chi connectivity index (χ2n) is 4.28. The first-order valence-corrected chi connectivity index (χ1v) is 7.29. The number of aryl methyl sites for hydroxylation is 1. The zero-order valence-electron chi connectivity index (χ0n) is 11.3. The van der Waals surface area contributed by atoms with Gasteiger partial charge in [-0.3, -0.25) is 0 Å². The molecule has 3 aromatic rings. The third-order valence-electron chi connectivity index (χ3n) is 2.72. The minimum absolute atomic E-state index is 0.274. The van der Waals surface area contributed by atoms with Crippen LogP contribution in [0.15, 0.2) is 47.9 Å². The molecule has 0 saturated heterocycles. The maximum absolute atomic E-state index is 13.0. The lowest BCUT2D eigenvalue weighted by molar-refractivity contribution is 0.626. The number of hydrogen-bond donors (Lipinski definition) is 0. The van der Waals surface area contributed by atoms with Gasteiger partial charge in [0.1, 0.15) is 17.5 Å². The predicted molar refractivity (Wildman–Crippen MR) is 77.6 cm³/mol. The molecule has 3 rings (SSSR count). The van der Waals surface area contributed by atoms with Crippen molar-refractivity contribution in [2.45, 2.75) is 17.8 Å². The molecule has 0 aliphatic heterocycles. The molecular weight excluding hydrogens is 289 g/mol.